The van der Waals surface area contributed by atoms with E-state index in [4.69, 9.17) is 0 Å². The zero-order valence-electron chi connectivity index (χ0n) is 7.42. The summed E-state index contributed by atoms with van der Waals surface area (Å²) in [5.41, 5.74) is 2.95. The lowest BCUT2D eigenvalue weighted by atomic mass is 10.1. The Labute approximate surface area is 77.2 Å². The molecule has 0 bridgehead atoms. The van der Waals surface area contributed by atoms with E-state index >= 15 is 0 Å². The van der Waals surface area contributed by atoms with Gasteiger partial charge in [0.25, 0.3) is 0 Å². The molecule has 1 aromatic heterocycles. The van der Waals surface area contributed by atoms with Crippen molar-refractivity contribution in [3.8, 4) is 0 Å². The van der Waals surface area contributed by atoms with Crippen LogP contribution in [0.15, 0.2) is 29.9 Å². The molecule has 0 radical (unpaired) electrons. The van der Waals surface area contributed by atoms with Crippen LogP contribution < -0.4 is 0 Å². The Morgan fingerprint density at radius 3 is 2.50 bits per heavy atom. The molecule has 0 fully saturated rings. The van der Waals surface area contributed by atoms with E-state index in [-0.39, 0.29) is 0 Å². The first-order valence-electron chi connectivity index (χ1n) is 4.19. The highest BCUT2D eigenvalue weighted by molar-refractivity contribution is 7.13. The van der Waals surface area contributed by atoms with Crippen LogP contribution in [0.5, 0.6) is 0 Å². The van der Waals surface area contributed by atoms with E-state index in [1.165, 1.54) is 20.9 Å². The largest absolute Gasteiger partial charge is 0.141 e. The molecule has 0 saturated carbocycles. The molecule has 62 valence electrons. The predicted octanol–water partition coefficient (Wildman–Crippen LogP) is 3.79. The summed E-state index contributed by atoms with van der Waals surface area (Å²) in [7, 11) is 0. The quantitative estimate of drug-likeness (QED) is 0.610. The summed E-state index contributed by atoms with van der Waals surface area (Å²) < 4.78 is 0. The summed E-state index contributed by atoms with van der Waals surface area (Å²) in [6.07, 6.45) is 5.59. The van der Waals surface area contributed by atoms with Crippen LogP contribution in [0.25, 0.3) is 5.57 Å². The Balaban J connectivity index is 2.24. The lowest BCUT2D eigenvalue weighted by Gasteiger charge is -1.96. The molecule has 1 aliphatic carbocycles. The third kappa shape index (κ3) is 1.37. The third-order valence-electron chi connectivity index (χ3n) is 2.10. The SMILES string of the molecule is CC1=CC=C(c2ccc(C)s2)C1. The molecule has 12 heavy (non-hydrogen) atoms. The lowest BCUT2D eigenvalue weighted by molar-refractivity contribution is 1.27. The van der Waals surface area contributed by atoms with Crippen molar-refractivity contribution < 1.29 is 0 Å². The van der Waals surface area contributed by atoms with Gasteiger partial charge in [-0.1, -0.05) is 17.7 Å². The zero-order chi connectivity index (χ0) is 8.55. The minimum Gasteiger partial charge on any atom is -0.141 e. The normalized spacial score (nSPS) is 16.2. The standard InChI is InChI=1S/C11H12S/c1-8-3-5-10(7-8)11-6-4-9(2)12-11/h3-6H,7H2,1-2H3. The van der Waals surface area contributed by atoms with Gasteiger partial charge < -0.3 is 0 Å². The van der Waals surface area contributed by atoms with Crippen LogP contribution in [0, 0.1) is 6.92 Å². The fourth-order valence-electron chi connectivity index (χ4n) is 1.44. The highest BCUT2D eigenvalue weighted by Crippen LogP contribution is 2.31. The average molecular weight is 176 g/mol. The Bertz CT molecular complexity index is 353. The van der Waals surface area contributed by atoms with E-state index in [0.717, 1.165) is 6.42 Å². The Morgan fingerprint density at radius 2 is 2.00 bits per heavy atom. The average Bonchev–Trinajstić information content (AvgIpc) is 2.58. The highest BCUT2D eigenvalue weighted by Gasteiger charge is 2.08. The first-order chi connectivity index (χ1) is 5.75. The summed E-state index contributed by atoms with van der Waals surface area (Å²) >= 11 is 1.89. The molecule has 0 atom stereocenters. The van der Waals surface area contributed by atoms with E-state index in [1.54, 1.807) is 0 Å². The number of hydrogen-bond acceptors (Lipinski definition) is 1. The second-order valence-corrected chi connectivity index (χ2v) is 4.58. The van der Waals surface area contributed by atoms with E-state index in [1.807, 2.05) is 11.3 Å². The van der Waals surface area contributed by atoms with Crippen molar-refractivity contribution in [1.29, 1.82) is 0 Å². The van der Waals surface area contributed by atoms with Crippen LogP contribution in [-0.4, -0.2) is 0 Å². The summed E-state index contributed by atoms with van der Waals surface area (Å²) in [6.45, 7) is 4.34. The van der Waals surface area contributed by atoms with Crippen molar-refractivity contribution in [2.45, 2.75) is 20.3 Å². The van der Waals surface area contributed by atoms with Gasteiger partial charge in [0, 0.05) is 9.75 Å². The van der Waals surface area contributed by atoms with E-state index in [9.17, 15) is 0 Å². The topological polar surface area (TPSA) is 0 Å². The second kappa shape index (κ2) is 2.91. The van der Waals surface area contributed by atoms with Gasteiger partial charge in [-0.2, -0.15) is 0 Å². The van der Waals surface area contributed by atoms with Gasteiger partial charge in [-0.3, -0.25) is 0 Å². The van der Waals surface area contributed by atoms with Crippen molar-refractivity contribution in [3.63, 3.8) is 0 Å². The maximum absolute atomic E-state index is 2.24. The molecule has 1 heterocycles. The van der Waals surface area contributed by atoms with Crippen molar-refractivity contribution in [1.82, 2.24) is 0 Å². The summed E-state index contributed by atoms with van der Waals surface area (Å²) in [5.74, 6) is 0. The van der Waals surface area contributed by atoms with Gasteiger partial charge in [-0.15, -0.1) is 11.3 Å². The molecule has 0 spiro atoms. The molecule has 0 amide bonds. The first-order valence-corrected chi connectivity index (χ1v) is 5.00. The van der Waals surface area contributed by atoms with Crippen LogP contribution in [0.1, 0.15) is 23.1 Å². The number of hydrogen-bond donors (Lipinski definition) is 0. The Morgan fingerprint density at radius 1 is 1.17 bits per heavy atom. The van der Waals surface area contributed by atoms with Crippen LogP contribution in [0.3, 0.4) is 0 Å². The van der Waals surface area contributed by atoms with Crippen molar-refractivity contribution >= 4 is 16.9 Å². The van der Waals surface area contributed by atoms with Crippen molar-refractivity contribution in [3.05, 3.63) is 39.6 Å². The van der Waals surface area contributed by atoms with Gasteiger partial charge in [-0.05, 0) is 38.0 Å². The zero-order valence-corrected chi connectivity index (χ0v) is 8.24. The molecule has 0 aromatic carbocycles. The minimum absolute atomic E-state index is 1.14. The Hall–Kier alpha value is -0.820. The maximum Gasteiger partial charge on any atom is 0.0308 e. The number of rotatable bonds is 1. The number of aryl methyl sites for hydroxylation is 1. The van der Waals surface area contributed by atoms with E-state index in [2.05, 4.69) is 38.1 Å². The van der Waals surface area contributed by atoms with E-state index < -0.39 is 0 Å². The first kappa shape index (κ1) is 7.81. The molecular formula is C11H12S. The number of thiophene rings is 1. The smallest absolute Gasteiger partial charge is 0.0308 e. The van der Waals surface area contributed by atoms with Gasteiger partial charge in [0.05, 0.1) is 0 Å². The monoisotopic (exact) mass is 176 g/mol. The van der Waals surface area contributed by atoms with Gasteiger partial charge >= 0.3 is 0 Å². The van der Waals surface area contributed by atoms with Gasteiger partial charge in [0.15, 0.2) is 0 Å². The molecule has 2 rings (SSSR count). The van der Waals surface area contributed by atoms with Crippen LogP contribution in [-0.2, 0) is 0 Å². The number of allylic oxidation sites excluding steroid dienone is 4. The van der Waals surface area contributed by atoms with Crippen molar-refractivity contribution in [2.24, 2.45) is 0 Å². The molecule has 1 aromatic rings. The predicted molar refractivity (Wildman–Crippen MR) is 55.4 cm³/mol. The minimum atomic E-state index is 1.14. The molecular weight excluding hydrogens is 164 g/mol. The fraction of sp³-hybridized carbons (Fsp3) is 0.273. The second-order valence-electron chi connectivity index (χ2n) is 3.29. The molecule has 1 aliphatic rings. The summed E-state index contributed by atoms with van der Waals surface area (Å²) in [4.78, 5) is 2.83. The molecule has 1 heteroatoms. The molecule has 0 unspecified atom stereocenters. The maximum atomic E-state index is 2.24. The van der Waals surface area contributed by atoms with Crippen molar-refractivity contribution in [2.75, 3.05) is 0 Å². The molecule has 0 N–H and O–H groups in total. The lowest BCUT2D eigenvalue weighted by Crippen LogP contribution is -1.74. The van der Waals surface area contributed by atoms with E-state index in [0.29, 0.717) is 0 Å². The Kier molecular flexibility index (Phi) is 1.89. The van der Waals surface area contributed by atoms with Gasteiger partial charge in [0.1, 0.15) is 0 Å². The van der Waals surface area contributed by atoms with Gasteiger partial charge in [0.2, 0.25) is 0 Å². The van der Waals surface area contributed by atoms with Gasteiger partial charge in [-0.25, -0.2) is 0 Å². The van der Waals surface area contributed by atoms with Crippen LogP contribution >= 0.6 is 11.3 Å². The highest BCUT2D eigenvalue weighted by atomic mass is 32.1. The van der Waals surface area contributed by atoms with Crippen LogP contribution in [0.4, 0.5) is 0 Å². The molecule has 0 aliphatic heterocycles. The molecule has 0 saturated heterocycles. The summed E-state index contributed by atoms with van der Waals surface area (Å²) in [6, 6.07) is 4.41. The van der Waals surface area contributed by atoms with Crippen LogP contribution in [0.2, 0.25) is 0 Å². The third-order valence-corrected chi connectivity index (χ3v) is 3.17. The fourth-order valence-corrected chi connectivity index (χ4v) is 2.33. The summed E-state index contributed by atoms with van der Waals surface area (Å²) in [5, 5.41) is 0. The molecule has 0 nitrogen and oxygen atoms in total.